The molecule has 0 spiro atoms. The molecule has 1 saturated carbocycles. The Morgan fingerprint density at radius 3 is 2.72 bits per heavy atom. The molecule has 1 fully saturated rings. The van der Waals surface area contributed by atoms with Crippen molar-refractivity contribution in [2.45, 2.75) is 19.3 Å². The first-order valence-electron chi connectivity index (χ1n) is 6.15. The summed E-state index contributed by atoms with van der Waals surface area (Å²) in [4.78, 5) is 11.5. The Morgan fingerprint density at radius 2 is 2.11 bits per heavy atom. The van der Waals surface area contributed by atoms with E-state index in [9.17, 15) is 4.79 Å². The SMILES string of the molecule is N#Cc1ccc(NC(=O)COCCC2CC2)cc1. The van der Waals surface area contributed by atoms with Crippen molar-refractivity contribution in [2.75, 3.05) is 18.5 Å². The quantitative estimate of drug-likeness (QED) is 0.781. The first-order chi connectivity index (χ1) is 8.78. The molecule has 0 bridgehead atoms. The second-order valence-electron chi connectivity index (χ2n) is 4.52. The molecular weight excluding hydrogens is 228 g/mol. The topological polar surface area (TPSA) is 62.1 Å². The fourth-order valence-corrected chi connectivity index (χ4v) is 1.65. The van der Waals surface area contributed by atoms with Crippen LogP contribution in [-0.2, 0) is 9.53 Å². The highest BCUT2D eigenvalue weighted by atomic mass is 16.5. The van der Waals surface area contributed by atoms with Crippen LogP contribution in [0.3, 0.4) is 0 Å². The lowest BCUT2D eigenvalue weighted by atomic mass is 10.2. The van der Waals surface area contributed by atoms with Gasteiger partial charge in [-0.1, -0.05) is 12.8 Å². The second-order valence-corrected chi connectivity index (χ2v) is 4.52. The number of carbonyl (C=O) groups excluding carboxylic acids is 1. The second kappa shape index (κ2) is 6.18. The van der Waals surface area contributed by atoms with Crippen LogP contribution in [0.25, 0.3) is 0 Å². The molecule has 1 aliphatic rings. The average molecular weight is 244 g/mol. The Labute approximate surface area is 107 Å². The Balaban J connectivity index is 1.67. The van der Waals surface area contributed by atoms with Crippen LogP contribution < -0.4 is 5.32 Å². The standard InChI is InChI=1S/C14H16N2O2/c15-9-12-3-5-13(6-4-12)16-14(17)10-18-8-7-11-1-2-11/h3-6,11H,1-2,7-8,10H2,(H,16,17). The molecule has 4 heteroatoms. The van der Waals surface area contributed by atoms with E-state index in [1.54, 1.807) is 24.3 Å². The fraction of sp³-hybridized carbons (Fsp3) is 0.429. The zero-order chi connectivity index (χ0) is 12.8. The van der Waals surface area contributed by atoms with Gasteiger partial charge in [0, 0.05) is 12.3 Å². The van der Waals surface area contributed by atoms with E-state index >= 15 is 0 Å². The van der Waals surface area contributed by atoms with Crippen LogP contribution in [0.15, 0.2) is 24.3 Å². The third-order valence-corrected chi connectivity index (χ3v) is 2.90. The van der Waals surface area contributed by atoms with Crippen molar-refractivity contribution >= 4 is 11.6 Å². The highest BCUT2D eigenvalue weighted by molar-refractivity contribution is 5.91. The fourth-order valence-electron chi connectivity index (χ4n) is 1.65. The van der Waals surface area contributed by atoms with Crippen molar-refractivity contribution < 1.29 is 9.53 Å². The smallest absolute Gasteiger partial charge is 0.250 e. The zero-order valence-electron chi connectivity index (χ0n) is 10.2. The number of anilines is 1. The molecule has 0 aromatic heterocycles. The number of hydrogen-bond acceptors (Lipinski definition) is 3. The summed E-state index contributed by atoms with van der Waals surface area (Å²) in [6.45, 7) is 0.748. The van der Waals surface area contributed by atoms with Crippen molar-refractivity contribution in [1.82, 2.24) is 0 Å². The normalized spacial score (nSPS) is 13.9. The van der Waals surface area contributed by atoms with Crippen LogP contribution >= 0.6 is 0 Å². The van der Waals surface area contributed by atoms with Gasteiger partial charge in [0.2, 0.25) is 5.91 Å². The van der Waals surface area contributed by atoms with Crippen molar-refractivity contribution in [3.63, 3.8) is 0 Å². The van der Waals surface area contributed by atoms with Crippen LogP contribution in [0.4, 0.5) is 5.69 Å². The Hall–Kier alpha value is -1.86. The first-order valence-corrected chi connectivity index (χ1v) is 6.15. The molecule has 0 heterocycles. The van der Waals surface area contributed by atoms with E-state index in [4.69, 9.17) is 10.00 Å². The summed E-state index contributed by atoms with van der Waals surface area (Å²) in [6, 6.07) is 8.79. The van der Waals surface area contributed by atoms with Gasteiger partial charge in [0.25, 0.3) is 0 Å². The molecule has 1 amide bonds. The third kappa shape index (κ3) is 4.19. The van der Waals surface area contributed by atoms with Gasteiger partial charge in [-0.25, -0.2) is 0 Å². The zero-order valence-corrected chi connectivity index (χ0v) is 10.2. The van der Waals surface area contributed by atoms with Gasteiger partial charge in [-0.2, -0.15) is 5.26 Å². The third-order valence-electron chi connectivity index (χ3n) is 2.90. The van der Waals surface area contributed by atoms with Crippen LogP contribution in [-0.4, -0.2) is 19.1 Å². The van der Waals surface area contributed by atoms with Crippen molar-refractivity contribution in [3.05, 3.63) is 29.8 Å². The Morgan fingerprint density at radius 1 is 1.39 bits per heavy atom. The van der Waals surface area contributed by atoms with E-state index in [0.717, 1.165) is 12.3 Å². The minimum Gasteiger partial charge on any atom is -0.372 e. The predicted molar refractivity (Wildman–Crippen MR) is 67.9 cm³/mol. The number of hydrogen-bond donors (Lipinski definition) is 1. The van der Waals surface area contributed by atoms with E-state index in [0.29, 0.717) is 17.9 Å². The van der Waals surface area contributed by atoms with Crippen molar-refractivity contribution in [2.24, 2.45) is 5.92 Å². The van der Waals surface area contributed by atoms with Gasteiger partial charge in [-0.3, -0.25) is 4.79 Å². The van der Waals surface area contributed by atoms with Crippen molar-refractivity contribution in [1.29, 1.82) is 5.26 Å². The van der Waals surface area contributed by atoms with E-state index in [-0.39, 0.29) is 12.5 Å². The van der Waals surface area contributed by atoms with Crippen LogP contribution in [0.5, 0.6) is 0 Å². The van der Waals surface area contributed by atoms with E-state index in [2.05, 4.69) is 5.32 Å². The molecule has 0 saturated heterocycles. The Bertz CT molecular complexity index is 444. The molecule has 1 aromatic rings. The van der Waals surface area contributed by atoms with Crippen LogP contribution in [0, 0.1) is 17.2 Å². The number of nitrogens with zero attached hydrogens (tertiary/aromatic N) is 1. The van der Waals surface area contributed by atoms with Gasteiger partial charge < -0.3 is 10.1 Å². The summed E-state index contributed by atoms with van der Waals surface area (Å²) in [5.41, 5.74) is 1.26. The minimum absolute atomic E-state index is 0.0900. The minimum atomic E-state index is -0.157. The first kappa shape index (κ1) is 12.6. The molecular formula is C14H16N2O2. The van der Waals surface area contributed by atoms with E-state index in [1.807, 2.05) is 6.07 Å². The molecule has 1 aliphatic carbocycles. The lowest BCUT2D eigenvalue weighted by molar-refractivity contribution is -0.120. The largest absolute Gasteiger partial charge is 0.372 e. The summed E-state index contributed by atoms with van der Waals surface area (Å²) in [5.74, 6) is 0.669. The maximum atomic E-state index is 11.5. The van der Waals surface area contributed by atoms with Gasteiger partial charge in [0.05, 0.1) is 11.6 Å². The number of carbonyl (C=O) groups is 1. The number of ether oxygens (including phenoxy) is 1. The van der Waals surface area contributed by atoms with Gasteiger partial charge in [-0.15, -0.1) is 0 Å². The number of rotatable bonds is 6. The molecule has 94 valence electrons. The predicted octanol–water partition coefficient (Wildman–Crippen LogP) is 2.31. The van der Waals surface area contributed by atoms with Gasteiger partial charge >= 0.3 is 0 Å². The molecule has 1 N–H and O–H groups in total. The number of nitriles is 1. The van der Waals surface area contributed by atoms with Crippen LogP contribution in [0.1, 0.15) is 24.8 Å². The molecule has 0 aliphatic heterocycles. The molecule has 0 radical (unpaired) electrons. The monoisotopic (exact) mass is 244 g/mol. The highest BCUT2D eigenvalue weighted by Gasteiger charge is 2.20. The molecule has 18 heavy (non-hydrogen) atoms. The van der Waals surface area contributed by atoms with Gasteiger partial charge in [-0.05, 0) is 36.6 Å². The van der Waals surface area contributed by atoms with E-state index in [1.165, 1.54) is 12.8 Å². The summed E-state index contributed by atoms with van der Waals surface area (Å²) < 4.78 is 5.30. The summed E-state index contributed by atoms with van der Waals surface area (Å²) in [7, 11) is 0. The average Bonchev–Trinajstić information content (AvgIpc) is 3.20. The molecule has 0 unspecified atom stereocenters. The summed E-state index contributed by atoms with van der Waals surface area (Å²) in [5, 5.41) is 11.4. The molecule has 2 rings (SSSR count). The maximum absolute atomic E-state index is 11.5. The molecule has 4 nitrogen and oxygen atoms in total. The summed E-state index contributed by atoms with van der Waals surface area (Å²) in [6.07, 6.45) is 3.67. The van der Waals surface area contributed by atoms with Crippen LogP contribution in [0.2, 0.25) is 0 Å². The van der Waals surface area contributed by atoms with E-state index < -0.39 is 0 Å². The number of amides is 1. The number of nitrogens with one attached hydrogen (secondary N) is 1. The highest BCUT2D eigenvalue weighted by Crippen LogP contribution is 2.31. The van der Waals surface area contributed by atoms with Crippen molar-refractivity contribution in [3.8, 4) is 6.07 Å². The van der Waals surface area contributed by atoms with Gasteiger partial charge in [0.15, 0.2) is 0 Å². The Kier molecular flexibility index (Phi) is 4.32. The molecule has 1 aromatic carbocycles. The van der Waals surface area contributed by atoms with Gasteiger partial charge in [0.1, 0.15) is 6.61 Å². The lowest BCUT2D eigenvalue weighted by Gasteiger charge is -2.06. The maximum Gasteiger partial charge on any atom is 0.250 e. The number of benzene rings is 1. The summed E-state index contributed by atoms with van der Waals surface area (Å²) >= 11 is 0. The lowest BCUT2D eigenvalue weighted by Crippen LogP contribution is -2.18. The molecule has 0 atom stereocenters.